The van der Waals surface area contributed by atoms with Crippen LogP contribution in [0.25, 0.3) is 0 Å². The highest BCUT2D eigenvalue weighted by atomic mass is 16.6. The minimum Gasteiger partial charge on any atom is -0.497 e. The van der Waals surface area contributed by atoms with E-state index < -0.39 is 23.1 Å². The lowest BCUT2D eigenvalue weighted by Crippen LogP contribution is -2.45. The van der Waals surface area contributed by atoms with Gasteiger partial charge in [-0.25, -0.2) is 4.79 Å². The predicted molar refractivity (Wildman–Crippen MR) is 161 cm³/mol. The molecule has 4 aromatic rings. The first-order chi connectivity index (χ1) is 20.6. The Labute approximate surface area is 245 Å². The fraction of sp³-hybridized carbons (Fsp3) is 0.353. The van der Waals surface area contributed by atoms with Crippen LogP contribution < -0.4 is 16.0 Å². The second-order valence-corrected chi connectivity index (χ2v) is 11.0. The summed E-state index contributed by atoms with van der Waals surface area (Å²) >= 11 is 0. The van der Waals surface area contributed by atoms with Crippen LogP contribution in [0.15, 0.2) is 107 Å². The summed E-state index contributed by atoms with van der Waals surface area (Å²) < 4.78 is 20.7. The summed E-state index contributed by atoms with van der Waals surface area (Å²) in [4.78, 5) is 29.5. The van der Waals surface area contributed by atoms with E-state index in [0.717, 1.165) is 48.4 Å². The molecule has 2 saturated heterocycles. The Bertz CT molecular complexity index is 1520. The van der Waals surface area contributed by atoms with Crippen molar-refractivity contribution in [1.82, 2.24) is 14.5 Å². The summed E-state index contributed by atoms with van der Waals surface area (Å²) in [6.45, 7) is 2.22. The Kier molecular flexibility index (Phi) is 8.37. The molecule has 8 heteroatoms. The number of nitrogens with one attached hydrogen (secondary N) is 1. The number of aromatic nitrogens is 2. The van der Waals surface area contributed by atoms with E-state index in [1.807, 2.05) is 60.7 Å². The Balaban J connectivity index is 1.37. The third-order valence-electron chi connectivity index (χ3n) is 8.49. The van der Waals surface area contributed by atoms with E-state index in [9.17, 15) is 9.59 Å². The number of likely N-dealkylation sites (tertiary alicyclic amines) is 1. The number of methoxy groups -OCH3 is 1. The van der Waals surface area contributed by atoms with E-state index in [-0.39, 0.29) is 12.1 Å². The van der Waals surface area contributed by atoms with Crippen LogP contribution >= 0.6 is 0 Å². The van der Waals surface area contributed by atoms with Gasteiger partial charge in [0.15, 0.2) is 6.23 Å². The van der Waals surface area contributed by atoms with Gasteiger partial charge in [0.25, 0.3) is 5.56 Å². The van der Waals surface area contributed by atoms with Gasteiger partial charge in [-0.05, 0) is 61.2 Å². The number of ether oxygens (including phenoxy) is 3. The first-order valence-corrected chi connectivity index (χ1v) is 14.7. The van der Waals surface area contributed by atoms with Gasteiger partial charge in [0.05, 0.1) is 25.9 Å². The maximum Gasteiger partial charge on any atom is 0.330 e. The molecule has 8 nitrogen and oxygen atoms in total. The van der Waals surface area contributed by atoms with Crippen LogP contribution in [0.1, 0.15) is 48.6 Å². The van der Waals surface area contributed by atoms with Gasteiger partial charge in [0.2, 0.25) is 0 Å². The first-order valence-electron chi connectivity index (χ1n) is 14.7. The standard InChI is InChI=1S/C34H37N3O5/c1-40-28-17-15-27(16-18-28)34(25-11-5-2-6-12-25,26-13-7-3-8-14-26)41-24-29-23-30(36-20-9-4-10-21-36)32(42-29)37-22-19-31(38)35-33(37)39/h2-3,5-8,11-19,22,29-30,32H,4,9-10,20-21,23-24H2,1H3,(H,35,38,39)/t29-,30+,32+/m1/s1. The zero-order valence-electron chi connectivity index (χ0n) is 23.9. The van der Waals surface area contributed by atoms with Crippen LogP contribution in [0.4, 0.5) is 0 Å². The van der Waals surface area contributed by atoms with Crippen molar-refractivity contribution >= 4 is 0 Å². The first kappa shape index (κ1) is 28.2. The summed E-state index contributed by atoms with van der Waals surface area (Å²) in [7, 11) is 1.66. The number of benzene rings is 3. The lowest BCUT2D eigenvalue weighted by atomic mass is 9.80. The van der Waals surface area contributed by atoms with Gasteiger partial charge >= 0.3 is 5.69 Å². The molecule has 2 fully saturated rings. The normalized spacial score (nSPS) is 21.3. The predicted octanol–water partition coefficient (Wildman–Crippen LogP) is 4.70. The van der Waals surface area contributed by atoms with E-state index in [4.69, 9.17) is 14.2 Å². The van der Waals surface area contributed by atoms with E-state index in [1.165, 1.54) is 17.1 Å². The number of rotatable bonds is 9. The minimum absolute atomic E-state index is 0.00802. The Morgan fingerprint density at radius 3 is 2.05 bits per heavy atom. The van der Waals surface area contributed by atoms with Crippen molar-refractivity contribution < 1.29 is 14.2 Å². The summed E-state index contributed by atoms with van der Waals surface area (Å²) in [5.41, 5.74) is 1.18. The molecule has 6 rings (SSSR count). The highest BCUT2D eigenvalue weighted by Crippen LogP contribution is 2.42. The van der Waals surface area contributed by atoms with Crippen molar-refractivity contribution in [3.05, 3.63) is 135 Å². The second kappa shape index (κ2) is 12.5. The van der Waals surface area contributed by atoms with Crippen molar-refractivity contribution in [1.29, 1.82) is 0 Å². The lowest BCUT2D eigenvalue weighted by Gasteiger charge is -2.36. The average Bonchev–Trinajstić information content (AvgIpc) is 3.47. The highest BCUT2D eigenvalue weighted by molar-refractivity contribution is 5.48. The van der Waals surface area contributed by atoms with Crippen LogP contribution in [0.2, 0.25) is 0 Å². The summed E-state index contributed by atoms with van der Waals surface area (Å²) in [5.74, 6) is 0.770. The molecule has 1 aromatic heterocycles. The van der Waals surface area contributed by atoms with Gasteiger partial charge in [-0.15, -0.1) is 0 Å². The molecule has 2 aliphatic rings. The number of nitrogens with zero attached hydrogens (tertiary/aromatic N) is 2. The molecular formula is C34H37N3O5. The topological polar surface area (TPSA) is 85.8 Å². The molecule has 0 saturated carbocycles. The molecule has 218 valence electrons. The molecule has 3 heterocycles. The van der Waals surface area contributed by atoms with E-state index in [1.54, 1.807) is 13.3 Å². The molecule has 0 aliphatic carbocycles. The zero-order valence-corrected chi connectivity index (χ0v) is 23.9. The highest BCUT2D eigenvalue weighted by Gasteiger charge is 2.44. The third kappa shape index (κ3) is 5.57. The molecule has 0 bridgehead atoms. The van der Waals surface area contributed by atoms with Gasteiger partial charge in [0.1, 0.15) is 11.4 Å². The smallest absolute Gasteiger partial charge is 0.330 e. The molecule has 0 spiro atoms. The monoisotopic (exact) mass is 567 g/mol. The van der Waals surface area contributed by atoms with Crippen LogP contribution in [-0.4, -0.2) is 53.4 Å². The van der Waals surface area contributed by atoms with Gasteiger partial charge in [-0.3, -0.25) is 19.2 Å². The average molecular weight is 568 g/mol. The second-order valence-electron chi connectivity index (χ2n) is 11.0. The van der Waals surface area contributed by atoms with Gasteiger partial charge in [-0.1, -0.05) is 79.2 Å². The molecule has 0 radical (unpaired) electrons. The van der Waals surface area contributed by atoms with Crippen LogP contribution in [0.3, 0.4) is 0 Å². The van der Waals surface area contributed by atoms with E-state index in [0.29, 0.717) is 13.0 Å². The third-order valence-corrected chi connectivity index (χ3v) is 8.49. The van der Waals surface area contributed by atoms with E-state index >= 15 is 0 Å². The molecule has 2 aliphatic heterocycles. The van der Waals surface area contributed by atoms with Crippen LogP contribution in [0.5, 0.6) is 5.75 Å². The number of piperidine rings is 1. The maximum absolute atomic E-state index is 12.9. The molecular weight excluding hydrogens is 530 g/mol. The quantitative estimate of drug-likeness (QED) is 0.295. The SMILES string of the molecule is COc1ccc(C(OC[C@H]2C[C@H](N3CCCCC3)[C@@H](n3ccc(=O)[nH]c3=O)O2)(c2ccccc2)c2ccccc2)cc1. The van der Waals surface area contributed by atoms with Crippen molar-refractivity contribution in [2.75, 3.05) is 26.8 Å². The molecule has 42 heavy (non-hydrogen) atoms. The minimum atomic E-state index is -0.911. The van der Waals surface area contributed by atoms with Crippen molar-refractivity contribution in [2.45, 2.75) is 49.7 Å². The zero-order chi connectivity index (χ0) is 28.9. The largest absolute Gasteiger partial charge is 0.497 e. The molecule has 3 aromatic carbocycles. The molecule has 0 amide bonds. The molecule has 3 atom stereocenters. The Morgan fingerprint density at radius 1 is 0.833 bits per heavy atom. The number of H-pyrrole nitrogens is 1. The lowest BCUT2D eigenvalue weighted by molar-refractivity contribution is -0.0843. The number of aromatic amines is 1. The Morgan fingerprint density at radius 2 is 1.45 bits per heavy atom. The van der Waals surface area contributed by atoms with Crippen molar-refractivity contribution in [3.8, 4) is 5.75 Å². The maximum atomic E-state index is 12.9. The summed E-state index contributed by atoms with van der Waals surface area (Å²) in [5, 5.41) is 0. The van der Waals surface area contributed by atoms with Gasteiger partial charge < -0.3 is 14.2 Å². The van der Waals surface area contributed by atoms with Gasteiger partial charge in [-0.2, -0.15) is 0 Å². The van der Waals surface area contributed by atoms with Crippen LogP contribution in [-0.2, 0) is 15.1 Å². The fourth-order valence-electron chi connectivity index (χ4n) is 6.43. The van der Waals surface area contributed by atoms with Crippen molar-refractivity contribution in [2.24, 2.45) is 0 Å². The number of hydrogen-bond donors (Lipinski definition) is 1. The molecule has 0 unspecified atom stereocenters. The van der Waals surface area contributed by atoms with Gasteiger partial charge in [0, 0.05) is 12.3 Å². The summed E-state index contributed by atoms with van der Waals surface area (Å²) in [6.07, 6.45) is 4.90. The molecule has 1 N–H and O–H groups in total. The fourth-order valence-corrected chi connectivity index (χ4v) is 6.43. The van der Waals surface area contributed by atoms with E-state index in [2.05, 4.69) is 34.1 Å². The summed E-state index contributed by atoms with van der Waals surface area (Å²) in [6, 6.07) is 29.8. The van der Waals surface area contributed by atoms with Crippen LogP contribution in [0, 0.1) is 0 Å². The number of hydrogen-bond acceptors (Lipinski definition) is 6. The van der Waals surface area contributed by atoms with Crippen molar-refractivity contribution in [3.63, 3.8) is 0 Å². The Hall–Kier alpha value is -3.98.